The predicted molar refractivity (Wildman–Crippen MR) is 68.3 cm³/mol. The maximum Gasteiger partial charge on any atom is 0.246 e. The third-order valence-electron chi connectivity index (χ3n) is 3.08. The van der Waals surface area contributed by atoms with E-state index in [9.17, 15) is 4.79 Å². The number of likely N-dealkylation sites (tertiary alicyclic amines) is 1. The lowest BCUT2D eigenvalue weighted by molar-refractivity contribution is -0.125. The van der Waals surface area contributed by atoms with Gasteiger partial charge in [-0.1, -0.05) is 32.8 Å². The van der Waals surface area contributed by atoms with Crippen molar-refractivity contribution in [3.05, 3.63) is 12.2 Å². The Kier molecular flexibility index (Phi) is 6.20. The Morgan fingerprint density at radius 2 is 1.94 bits per heavy atom. The molecule has 0 bridgehead atoms. The maximum atomic E-state index is 11.6. The van der Waals surface area contributed by atoms with Gasteiger partial charge in [0.2, 0.25) is 5.91 Å². The van der Waals surface area contributed by atoms with Crippen LogP contribution in [0.3, 0.4) is 0 Å². The highest BCUT2D eigenvalue weighted by Crippen LogP contribution is 2.10. The summed E-state index contributed by atoms with van der Waals surface area (Å²) in [6.45, 7) is 6.42. The number of hydrogen-bond acceptors (Lipinski definition) is 1. The van der Waals surface area contributed by atoms with Crippen LogP contribution in [0.5, 0.6) is 0 Å². The van der Waals surface area contributed by atoms with Crippen molar-refractivity contribution in [1.29, 1.82) is 0 Å². The SMILES string of the molecule is CC(C)CCCC/C=C/C(=O)N1CCCC1. The van der Waals surface area contributed by atoms with Crippen LogP contribution in [0, 0.1) is 5.92 Å². The Balaban J connectivity index is 2.05. The quantitative estimate of drug-likeness (QED) is 0.499. The number of hydrogen-bond donors (Lipinski definition) is 0. The van der Waals surface area contributed by atoms with E-state index in [-0.39, 0.29) is 5.91 Å². The lowest BCUT2D eigenvalue weighted by atomic mass is 10.1. The normalized spacial score (nSPS) is 16.6. The molecule has 1 aliphatic heterocycles. The number of carbonyl (C=O) groups excluding carboxylic acids is 1. The highest BCUT2D eigenvalue weighted by Gasteiger charge is 2.14. The first-order chi connectivity index (χ1) is 7.70. The molecule has 2 heteroatoms. The summed E-state index contributed by atoms with van der Waals surface area (Å²) in [5, 5.41) is 0. The van der Waals surface area contributed by atoms with Crippen LogP contribution < -0.4 is 0 Å². The zero-order valence-corrected chi connectivity index (χ0v) is 10.7. The highest BCUT2D eigenvalue weighted by molar-refractivity contribution is 5.87. The van der Waals surface area contributed by atoms with Gasteiger partial charge in [0.05, 0.1) is 0 Å². The van der Waals surface area contributed by atoms with E-state index in [0.717, 1.165) is 25.4 Å². The highest BCUT2D eigenvalue weighted by atomic mass is 16.2. The second-order valence-electron chi connectivity index (χ2n) is 5.11. The smallest absolute Gasteiger partial charge is 0.246 e. The molecule has 0 spiro atoms. The second kappa shape index (κ2) is 7.48. The van der Waals surface area contributed by atoms with Crippen molar-refractivity contribution in [3.8, 4) is 0 Å². The molecule has 1 rings (SSSR count). The van der Waals surface area contributed by atoms with Gasteiger partial charge >= 0.3 is 0 Å². The molecule has 0 saturated carbocycles. The molecule has 92 valence electrons. The van der Waals surface area contributed by atoms with Crippen LogP contribution in [-0.2, 0) is 4.79 Å². The van der Waals surface area contributed by atoms with Gasteiger partial charge in [0, 0.05) is 13.1 Å². The summed E-state index contributed by atoms with van der Waals surface area (Å²) in [5.41, 5.74) is 0. The summed E-state index contributed by atoms with van der Waals surface area (Å²) in [7, 11) is 0. The van der Waals surface area contributed by atoms with Crippen LogP contribution in [0.4, 0.5) is 0 Å². The fourth-order valence-electron chi connectivity index (χ4n) is 2.04. The van der Waals surface area contributed by atoms with Gasteiger partial charge < -0.3 is 4.90 Å². The Morgan fingerprint density at radius 1 is 1.25 bits per heavy atom. The Bertz CT molecular complexity index is 227. The van der Waals surface area contributed by atoms with Crippen LogP contribution in [0.15, 0.2) is 12.2 Å². The molecule has 16 heavy (non-hydrogen) atoms. The van der Waals surface area contributed by atoms with E-state index < -0.39 is 0 Å². The molecular weight excluding hydrogens is 198 g/mol. The summed E-state index contributed by atoms with van der Waals surface area (Å²) >= 11 is 0. The monoisotopic (exact) mass is 223 g/mol. The summed E-state index contributed by atoms with van der Waals surface area (Å²) in [5.74, 6) is 1.01. The summed E-state index contributed by atoms with van der Waals surface area (Å²) < 4.78 is 0. The van der Waals surface area contributed by atoms with Crippen molar-refractivity contribution < 1.29 is 4.79 Å². The molecule has 1 heterocycles. The van der Waals surface area contributed by atoms with E-state index in [0.29, 0.717) is 0 Å². The average Bonchev–Trinajstić information content (AvgIpc) is 2.75. The lowest BCUT2D eigenvalue weighted by Crippen LogP contribution is -2.25. The second-order valence-corrected chi connectivity index (χ2v) is 5.11. The molecule has 0 aromatic rings. The van der Waals surface area contributed by atoms with E-state index >= 15 is 0 Å². The Labute approximate surface area is 99.7 Å². The Hall–Kier alpha value is -0.790. The van der Waals surface area contributed by atoms with Crippen LogP contribution in [-0.4, -0.2) is 23.9 Å². The Morgan fingerprint density at radius 3 is 2.56 bits per heavy atom. The van der Waals surface area contributed by atoms with Gasteiger partial charge in [-0.3, -0.25) is 4.79 Å². The van der Waals surface area contributed by atoms with E-state index in [1.165, 1.54) is 32.1 Å². The molecule has 0 aliphatic carbocycles. The van der Waals surface area contributed by atoms with Crippen molar-refractivity contribution in [2.75, 3.05) is 13.1 Å². The molecule has 0 radical (unpaired) electrons. The summed E-state index contributed by atoms with van der Waals surface area (Å²) in [6, 6.07) is 0. The predicted octanol–water partition coefficient (Wildman–Crippen LogP) is 3.38. The molecule has 2 nitrogen and oxygen atoms in total. The molecule has 0 aromatic carbocycles. The standard InChI is InChI=1S/C14H25NO/c1-13(2)9-5-3-4-6-10-14(16)15-11-7-8-12-15/h6,10,13H,3-5,7-9,11-12H2,1-2H3/b10-6+. The van der Waals surface area contributed by atoms with Gasteiger partial charge in [0.15, 0.2) is 0 Å². The first kappa shape index (κ1) is 13.3. The first-order valence-corrected chi connectivity index (χ1v) is 6.65. The zero-order valence-electron chi connectivity index (χ0n) is 10.7. The minimum Gasteiger partial charge on any atom is -0.339 e. The fourth-order valence-corrected chi connectivity index (χ4v) is 2.04. The first-order valence-electron chi connectivity index (χ1n) is 6.65. The number of carbonyl (C=O) groups is 1. The number of rotatable bonds is 6. The summed E-state index contributed by atoms with van der Waals surface area (Å²) in [4.78, 5) is 13.6. The molecular formula is C14H25NO. The van der Waals surface area contributed by atoms with Crippen molar-refractivity contribution in [3.63, 3.8) is 0 Å². The van der Waals surface area contributed by atoms with Gasteiger partial charge in [-0.2, -0.15) is 0 Å². The molecule has 1 saturated heterocycles. The van der Waals surface area contributed by atoms with Crippen LogP contribution in [0.1, 0.15) is 52.4 Å². The third kappa shape index (κ3) is 5.34. The molecule has 0 unspecified atom stereocenters. The van der Waals surface area contributed by atoms with E-state index in [2.05, 4.69) is 13.8 Å². The summed E-state index contributed by atoms with van der Waals surface area (Å²) in [6.07, 6.45) is 11.0. The largest absolute Gasteiger partial charge is 0.339 e. The minimum absolute atomic E-state index is 0.210. The maximum absolute atomic E-state index is 11.6. The molecule has 0 N–H and O–H groups in total. The zero-order chi connectivity index (χ0) is 11.8. The van der Waals surface area contributed by atoms with Crippen molar-refractivity contribution in [1.82, 2.24) is 4.90 Å². The van der Waals surface area contributed by atoms with Crippen molar-refractivity contribution in [2.24, 2.45) is 5.92 Å². The van der Waals surface area contributed by atoms with Crippen molar-refractivity contribution in [2.45, 2.75) is 52.4 Å². The number of unbranched alkanes of at least 4 members (excludes halogenated alkanes) is 2. The average molecular weight is 223 g/mol. The minimum atomic E-state index is 0.210. The van der Waals surface area contributed by atoms with Crippen LogP contribution in [0.2, 0.25) is 0 Å². The third-order valence-corrected chi connectivity index (χ3v) is 3.08. The number of amides is 1. The molecule has 0 aromatic heterocycles. The van der Waals surface area contributed by atoms with Gasteiger partial charge in [0.1, 0.15) is 0 Å². The van der Waals surface area contributed by atoms with Gasteiger partial charge in [-0.25, -0.2) is 0 Å². The topological polar surface area (TPSA) is 20.3 Å². The fraction of sp³-hybridized carbons (Fsp3) is 0.786. The molecule has 0 atom stereocenters. The van der Waals surface area contributed by atoms with E-state index in [1.54, 1.807) is 6.08 Å². The molecule has 1 aliphatic rings. The van der Waals surface area contributed by atoms with Crippen LogP contribution >= 0.6 is 0 Å². The van der Waals surface area contributed by atoms with E-state index in [1.807, 2.05) is 11.0 Å². The molecule has 1 amide bonds. The number of allylic oxidation sites excluding steroid dienone is 1. The van der Waals surface area contributed by atoms with Crippen LogP contribution in [0.25, 0.3) is 0 Å². The van der Waals surface area contributed by atoms with Gasteiger partial charge in [-0.15, -0.1) is 0 Å². The van der Waals surface area contributed by atoms with Gasteiger partial charge in [-0.05, 0) is 37.7 Å². The number of nitrogens with zero attached hydrogens (tertiary/aromatic N) is 1. The van der Waals surface area contributed by atoms with Gasteiger partial charge in [0.25, 0.3) is 0 Å². The molecule has 1 fully saturated rings. The van der Waals surface area contributed by atoms with Crippen molar-refractivity contribution >= 4 is 5.91 Å². The lowest BCUT2D eigenvalue weighted by Gasteiger charge is -2.11. The van der Waals surface area contributed by atoms with E-state index in [4.69, 9.17) is 0 Å².